The molecule has 100 valence electrons. The van der Waals surface area contributed by atoms with Crippen LogP contribution in [0.3, 0.4) is 0 Å². The highest BCUT2D eigenvalue weighted by Gasteiger charge is 2.16. The molecular weight excluding hydrogens is 259 g/mol. The molecule has 2 atom stereocenters. The number of amides is 1. The second-order valence-electron chi connectivity index (χ2n) is 4.15. The van der Waals surface area contributed by atoms with Gasteiger partial charge in [0.2, 0.25) is 5.91 Å². The predicted molar refractivity (Wildman–Crippen MR) is 67.6 cm³/mol. The fraction of sp³-hybridized carbons (Fsp3) is 0.417. The quantitative estimate of drug-likeness (QED) is 0.733. The molecule has 0 radical (unpaired) electrons. The molecule has 1 aromatic rings. The first-order chi connectivity index (χ1) is 8.43. The lowest BCUT2D eigenvalue weighted by molar-refractivity contribution is -0.118. The maximum absolute atomic E-state index is 13.3. The van der Waals surface area contributed by atoms with Crippen LogP contribution in [0.2, 0.25) is 5.02 Å². The molecule has 1 amide bonds. The number of carbonyl (C=O) groups is 1. The second-order valence-corrected chi connectivity index (χ2v) is 4.55. The van der Waals surface area contributed by atoms with Crippen molar-refractivity contribution in [2.75, 3.05) is 6.61 Å². The van der Waals surface area contributed by atoms with Crippen molar-refractivity contribution in [2.45, 2.75) is 25.4 Å². The smallest absolute Gasteiger partial charge is 0.218 e. The predicted octanol–water partition coefficient (Wildman–Crippen LogP) is 1.37. The van der Waals surface area contributed by atoms with Crippen molar-refractivity contribution in [3.8, 4) is 0 Å². The Kier molecular flexibility index (Phi) is 5.53. The standard InChI is InChI=1S/C12H16ClFN2O2/c1-7(4-12(15)18)16-11(6-17)8-2-3-9(13)10(14)5-8/h2-3,5,7,11,16-17H,4,6H2,1H3,(H2,15,18). The Balaban J connectivity index is 2.76. The number of aliphatic hydroxyl groups is 1. The van der Waals surface area contributed by atoms with E-state index in [0.29, 0.717) is 5.56 Å². The molecule has 0 heterocycles. The van der Waals surface area contributed by atoms with Gasteiger partial charge in [0.1, 0.15) is 5.82 Å². The lowest BCUT2D eigenvalue weighted by Crippen LogP contribution is -2.35. The molecule has 18 heavy (non-hydrogen) atoms. The highest BCUT2D eigenvalue weighted by Crippen LogP contribution is 2.20. The fourth-order valence-corrected chi connectivity index (χ4v) is 1.81. The molecule has 0 saturated heterocycles. The van der Waals surface area contributed by atoms with E-state index in [1.165, 1.54) is 12.1 Å². The largest absolute Gasteiger partial charge is 0.394 e. The van der Waals surface area contributed by atoms with Gasteiger partial charge in [-0.3, -0.25) is 4.79 Å². The minimum absolute atomic E-state index is 0.0284. The number of nitrogens with two attached hydrogens (primary N) is 1. The SMILES string of the molecule is CC(CC(N)=O)NC(CO)c1ccc(Cl)c(F)c1. The molecule has 1 rings (SSSR count). The Hall–Kier alpha value is -1.17. The van der Waals surface area contributed by atoms with Crippen LogP contribution in [0.5, 0.6) is 0 Å². The Bertz CT molecular complexity index is 429. The van der Waals surface area contributed by atoms with Crippen LogP contribution in [0, 0.1) is 5.82 Å². The van der Waals surface area contributed by atoms with Crippen LogP contribution in [-0.4, -0.2) is 23.7 Å². The van der Waals surface area contributed by atoms with E-state index in [2.05, 4.69) is 5.32 Å². The summed E-state index contributed by atoms with van der Waals surface area (Å²) in [6.07, 6.45) is 0.145. The number of carbonyl (C=O) groups excluding carboxylic acids is 1. The van der Waals surface area contributed by atoms with Crippen molar-refractivity contribution in [3.05, 3.63) is 34.6 Å². The van der Waals surface area contributed by atoms with Gasteiger partial charge < -0.3 is 16.2 Å². The van der Waals surface area contributed by atoms with Crippen LogP contribution in [0.1, 0.15) is 24.9 Å². The number of hydrogen-bond donors (Lipinski definition) is 3. The first kappa shape index (κ1) is 14.9. The zero-order valence-corrected chi connectivity index (χ0v) is 10.7. The van der Waals surface area contributed by atoms with Gasteiger partial charge in [-0.25, -0.2) is 4.39 Å². The van der Waals surface area contributed by atoms with Crippen molar-refractivity contribution in [3.63, 3.8) is 0 Å². The van der Waals surface area contributed by atoms with Gasteiger partial charge >= 0.3 is 0 Å². The van der Waals surface area contributed by atoms with Gasteiger partial charge in [0, 0.05) is 12.5 Å². The molecule has 4 N–H and O–H groups in total. The first-order valence-electron chi connectivity index (χ1n) is 5.54. The Labute approximate surface area is 110 Å². The van der Waals surface area contributed by atoms with Crippen molar-refractivity contribution in [1.29, 1.82) is 0 Å². The summed E-state index contributed by atoms with van der Waals surface area (Å²) in [5.41, 5.74) is 5.64. The van der Waals surface area contributed by atoms with Crippen LogP contribution in [0.4, 0.5) is 4.39 Å². The third-order valence-corrected chi connectivity index (χ3v) is 2.83. The van der Waals surface area contributed by atoms with Gasteiger partial charge in [-0.15, -0.1) is 0 Å². The normalized spacial score (nSPS) is 14.2. The lowest BCUT2D eigenvalue weighted by atomic mass is 10.1. The number of nitrogens with one attached hydrogen (secondary N) is 1. The van der Waals surface area contributed by atoms with Crippen LogP contribution in [0.25, 0.3) is 0 Å². The highest BCUT2D eigenvalue weighted by molar-refractivity contribution is 6.30. The van der Waals surface area contributed by atoms with E-state index in [9.17, 15) is 14.3 Å². The van der Waals surface area contributed by atoms with Gasteiger partial charge in [-0.2, -0.15) is 0 Å². The topological polar surface area (TPSA) is 75.4 Å². The number of halogens is 2. The van der Waals surface area contributed by atoms with E-state index in [0.717, 1.165) is 0 Å². The Morgan fingerprint density at radius 2 is 2.28 bits per heavy atom. The third-order valence-electron chi connectivity index (χ3n) is 2.52. The summed E-state index contributed by atoms with van der Waals surface area (Å²) in [6, 6.07) is 3.63. The molecule has 0 aromatic heterocycles. The molecule has 6 heteroatoms. The summed E-state index contributed by atoms with van der Waals surface area (Å²) in [5, 5.41) is 12.3. The lowest BCUT2D eigenvalue weighted by Gasteiger charge is -2.21. The summed E-state index contributed by atoms with van der Waals surface area (Å²) in [7, 11) is 0. The van der Waals surface area contributed by atoms with Gasteiger partial charge in [-0.05, 0) is 24.6 Å². The number of benzene rings is 1. The minimum atomic E-state index is -0.544. The van der Waals surface area contributed by atoms with Crippen molar-refractivity contribution in [1.82, 2.24) is 5.32 Å². The molecule has 0 aliphatic heterocycles. The summed E-state index contributed by atoms with van der Waals surface area (Å²) >= 11 is 5.58. The van der Waals surface area contributed by atoms with Gasteiger partial charge in [0.15, 0.2) is 0 Å². The van der Waals surface area contributed by atoms with Gasteiger partial charge in [0.05, 0.1) is 17.7 Å². The molecular formula is C12H16ClFN2O2. The molecule has 0 spiro atoms. The van der Waals surface area contributed by atoms with E-state index in [1.54, 1.807) is 13.0 Å². The molecule has 4 nitrogen and oxygen atoms in total. The summed E-state index contributed by atoms with van der Waals surface area (Å²) in [5.74, 6) is -0.981. The molecule has 0 fully saturated rings. The number of aliphatic hydroxyl groups excluding tert-OH is 1. The summed E-state index contributed by atoms with van der Waals surface area (Å²) < 4.78 is 13.3. The number of hydrogen-bond acceptors (Lipinski definition) is 3. The minimum Gasteiger partial charge on any atom is -0.394 e. The molecule has 0 aliphatic rings. The van der Waals surface area contributed by atoms with E-state index >= 15 is 0 Å². The van der Waals surface area contributed by atoms with E-state index < -0.39 is 17.8 Å². The molecule has 2 unspecified atom stereocenters. The molecule has 0 saturated carbocycles. The monoisotopic (exact) mass is 274 g/mol. The van der Waals surface area contributed by atoms with Gasteiger partial charge in [0.25, 0.3) is 0 Å². The van der Waals surface area contributed by atoms with Crippen molar-refractivity contribution >= 4 is 17.5 Å². The number of rotatable bonds is 6. The summed E-state index contributed by atoms with van der Waals surface area (Å²) in [4.78, 5) is 10.8. The van der Waals surface area contributed by atoms with Crippen LogP contribution >= 0.6 is 11.6 Å². The van der Waals surface area contributed by atoms with Crippen LogP contribution in [-0.2, 0) is 4.79 Å². The number of primary amides is 1. The first-order valence-corrected chi connectivity index (χ1v) is 5.92. The maximum Gasteiger partial charge on any atom is 0.218 e. The summed E-state index contributed by atoms with van der Waals surface area (Å²) in [6.45, 7) is 1.55. The second kappa shape index (κ2) is 6.68. The van der Waals surface area contributed by atoms with Crippen LogP contribution < -0.4 is 11.1 Å². The van der Waals surface area contributed by atoms with Crippen LogP contribution in [0.15, 0.2) is 18.2 Å². The van der Waals surface area contributed by atoms with Crippen molar-refractivity contribution in [2.24, 2.45) is 5.73 Å². The molecule has 0 aliphatic carbocycles. The van der Waals surface area contributed by atoms with Gasteiger partial charge in [-0.1, -0.05) is 17.7 Å². The zero-order chi connectivity index (χ0) is 13.7. The Morgan fingerprint density at radius 3 is 2.78 bits per heavy atom. The zero-order valence-electron chi connectivity index (χ0n) is 9.99. The average Bonchev–Trinajstić information content (AvgIpc) is 2.29. The van der Waals surface area contributed by atoms with E-state index in [1.807, 2.05) is 0 Å². The average molecular weight is 275 g/mol. The van der Waals surface area contributed by atoms with E-state index in [-0.39, 0.29) is 24.1 Å². The fourth-order valence-electron chi connectivity index (χ4n) is 1.69. The Morgan fingerprint density at radius 1 is 1.61 bits per heavy atom. The van der Waals surface area contributed by atoms with E-state index in [4.69, 9.17) is 17.3 Å². The highest BCUT2D eigenvalue weighted by atomic mass is 35.5. The maximum atomic E-state index is 13.3. The van der Waals surface area contributed by atoms with Crippen molar-refractivity contribution < 1.29 is 14.3 Å². The third kappa shape index (κ3) is 4.25. The molecule has 1 aromatic carbocycles. The molecule has 0 bridgehead atoms.